The van der Waals surface area contributed by atoms with Gasteiger partial charge in [0.2, 0.25) is 0 Å². The molecule has 0 aliphatic rings. The maximum absolute atomic E-state index is 10.7. The number of hydrogen-bond acceptors (Lipinski definition) is 3. The van der Waals surface area contributed by atoms with Crippen LogP contribution < -0.4 is 0 Å². The number of carboxylic acid groups (broad SMARTS) is 1. The number of halogens is 1. The fraction of sp³-hybridized carbons (Fsp3) is 0. The lowest BCUT2D eigenvalue weighted by atomic mass is 10.2. The van der Waals surface area contributed by atoms with Crippen LogP contribution >= 0.6 is 27.3 Å². The van der Waals surface area contributed by atoms with Crippen molar-refractivity contribution < 1.29 is 15.0 Å². The second kappa shape index (κ2) is 3.25. The molecule has 0 saturated heterocycles. The number of fused-ring (bicyclic) bond motifs is 1. The van der Waals surface area contributed by atoms with Crippen molar-refractivity contribution in [2.45, 2.75) is 0 Å². The zero-order valence-corrected chi connectivity index (χ0v) is 9.22. The highest BCUT2D eigenvalue weighted by Gasteiger charge is 2.17. The molecule has 5 heteroatoms. The summed E-state index contributed by atoms with van der Waals surface area (Å²) in [6.07, 6.45) is 0. The van der Waals surface area contributed by atoms with E-state index in [1.807, 2.05) is 6.07 Å². The third-order valence-electron chi connectivity index (χ3n) is 1.84. The molecular formula is C9H5BrO3S. The highest BCUT2D eigenvalue weighted by molar-refractivity contribution is 9.10. The van der Waals surface area contributed by atoms with Crippen molar-refractivity contribution in [3.8, 4) is 5.75 Å². The maximum Gasteiger partial charge on any atom is 0.349 e. The van der Waals surface area contributed by atoms with Crippen molar-refractivity contribution in [1.29, 1.82) is 0 Å². The molecule has 3 nitrogen and oxygen atoms in total. The maximum atomic E-state index is 10.7. The number of aromatic hydroxyl groups is 1. The minimum atomic E-state index is -1.10. The Morgan fingerprint density at radius 3 is 2.71 bits per heavy atom. The first-order valence-electron chi connectivity index (χ1n) is 3.74. The molecule has 0 saturated carbocycles. The van der Waals surface area contributed by atoms with Crippen molar-refractivity contribution >= 4 is 43.3 Å². The Hall–Kier alpha value is -1.07. The van der Waals surface area contributed by atoms with Gasteiger partial charge >= 0.3 is 5.97 Å². The Morgan fingerprint density at radius 1 is 1.43 bits per heavy atom. The summed E-state index contributed by atoms with van der Waals surface area (Å²) in [5.74, 6) is -1.26. The Bertz CT molecular complexity index is 518. The first-order valence-corrected chi connectivity index (χ1v) is 5.35. The van der Waals surface area contributed by atoms with E-state index in [9.17, 15) is 9.90 Å². The molecule has 0 bridgehead atoms. The normalized spacial score (nSPS) is 10.6. The molecule has 0 radical (unpaired) electrons. The Labute approximate surface area is 91.7 Å². The van der Waals surface area contributed by atoms with Gasteiger partial charge in [0, 0.05) is 9.86 Å². The molecule has 0 spiro atoms. The van der Waals surface area contributed by atoms with Gasteiger partial charge in [-0.3, -0.25) is 0 Å². The molecular weight excluding hydrogens is 268 g/mol. The van der Waals surface area contributed by atoms with Crippen molar-refractivity contribution in [2.24, 2.45) is 0 Å². The molecule has 0 amide bonds. The van der Waals surface area contributed by atoms with Crippen LogP contribution in [0.2, 0.25) is 0 Å². The highest BCUT2D eigenvalue weighted by Crippen LogP contribution is 2.40. The zero-order chi connectivity index (χ0) is 10.3. The van der Waals surface area contributed by atoms with Crippen LogP contribution in [0.3, 0.4) is 0 Å². The van der Waals surface area contributed by atoms with Gasteiger partial charge < -0.3 is 10.2 Å². The Kier molecular flexibility index (Phi) is 2.20. The summed E-state index contributed by atoms with van der Waals surface area (Å²) in [4.78, 5) is 10.7. The van der Waals surface area contributed by atoms with Crippen molar-refractivity contribution in [1.82, 2.24) is 0 Å². The first kappa shape index (κ1) is 9.48. The lowest BCUT2D eigenvalue weighted by molar-refractivity contribution is 0.0699. The molecule has 2 aromatic rings. The van der Waals surface area contributed by atoms with Gasteiger partial charge in [0.05, 0.1) is 4.70 Å². The average molecular weight is 273 g/mol. The SMILES string of the molecule is O=C(O)c1sc2c(Br)cccc2c1O. The summed E-state index contributed by atoms with van der Waals surface area (Å²) in [5.41, 5.74) is 0. The smallest absolute Gasteiger partial charge is 0.349 e. The van der Waals surface area contributed by atoms with E-state index in [1.165, 1.54) is 0 Å². The molecule has 72 valence electrons. The van der Waals surface area contributed by atoms with E-state index in [2.05, 4.69) is 15.9 Å². The van der Waals surface area contributed by atoms with Gasteiger partial charge in [-0.05, 0) is 28.1 Å². The van der Waals surface area contributed by atoms with Crippen LogP contribution in [0, 0.1) is 0 Å². The summed E-state index contributed by atoms with van der Waals surface area (Å²) >= 11 is 4.36. The van der Waals surface area contributed by atoms with E-state index >= 15 is 0 Å². The Morgan fingerprint density at radius 2 is 2.14 bits per heavy atom. The van der Waals surface area contributed by atoms with E-state index in [-0.39, 0.29) is 10.6 Å². The Balaban J connectivity index is 2.86. The molecule has 2 rings (SSSR count). The van der Waals surface area contributed by atoms with Crippen LogP contribution in [0.15, 0.2) is 22.7 Å². The molecule has 2 N–H and O–H groups in total. The van der Waals surface area contributed by atoms with E-state index in [1.54, 1.807) is 12.1 Å². The molecule has 1 aromatic heterocycles. The van der Waals surface area contributed by atoms with Crippen molar-refractivity contribution in [3.63, 3.8) is 0 Å². The topological polar surface area (TPSA) is 57.5 Å². The van der Waals surface area contributed by atoms with E-state index in [4.69, 9.17) is 5.11 Å². The number of rotatable bonds is 1. The predicted octanol–water partition coefficient (Wildman–Crippen LogP) is 3.07. The lowest BCUT2D eigenvalue weighted by Gasteiger charge is -1.91. The van der Waals surface area contributed by atoms with Gasteiger partial charge in [0.15, 0.2) is 4.88 Å². The van der Waals surface area contributed by atoms with Gasteiger partial charge in [-0.25, -0.2) is 4.79 Å². The molecule has 0 aliphatic heterocycles. The third kappa shape index (κ3) is 1.29. The molecule has 0 unspecified atom stereocenters. The molecule has 1 aromatic carbocycles. The second-order valence-corrected chi connectivity index (χ2v) is 4.58. The fourth-order valence-corrected chi connectivity index (χ4v) is 2.76. The van der Waals surface area contributed by atoms with Crippen LogP contribution in [0.25, 0.3) is 10.1 Å². The first-order chi connectivity index (χ1) is 6.61. The number of carboxylic acids is 1. The van der Waals surface area contributed by atoms with Gasteiger partial charge in [0.1, 0.15) is 5.75 Å². The van der Waals surface area contributed by atoms with E-state index in [0.29, 0.717) is 5.39 Å². The van der Waals surface area contributed by atoms with Gasteiger partial charge in [-0.15, -0.1) is 11.3 Å². The van der Waals surface area contributed by atoms with Crippen LogP contribution in [0.5, 0.6) is 5.75 Å². The summed E-state index contributed by atoms with van der Waals surface area (Å²) in [7, 11) is 0. The second-order valence-electron chi connectivity index (χ2n) is 2.70. The van der Waals surface area contributed by atoms with Crippen molar-refractivity contribution in [2.75, 3.05) is 0 Å². The molecule has 1 heterocycles. The lowest BCUT2D eigenvalue weighted by Crippen LogP contribution is -1.90. The predicted molar refractivity (Wildman–Crippen MR) is 58.1 cm³/mol. The van der Waals surface area contributed by atoms with Gasteiger partial charge in [0.25, 0.3) is 0 Å². The largest absolute Gasteiger partial charge is 0.505 e. The van der Waals surface area contributed by atoms with Crippen molar-refractivity contribution in [3.05, 3.63) is 27.5 Å². The molecule has 14 heavy (non-hydrogen) atoms. The molecule has 0 atom stereocenters. The number of benzene rings is 1. The van der Waals surface area contributed by atoms with Gasteiger partial charge in [-0.2, -0.15) is 0 Å². The summed E-state index contributed by atoms with van der Waals surface area (Å²) in [5, 5.41) is 19.0. The highest BCUT2D eigenvalue weighted by atomic mass is 79.9. The average Bonchev–Trinajstić information content (AvgIpc) is 2.46. The number of carbonyl (C=O) groups is 1. The summed E-state index contributed by atoms with van der Waals surface area (Å²) in [6.45, 7) is 0. The minimum Gasteiger partial charge on any atom is -0.505 e. The molecule has 0 fully saturated rings. The summed E-state index contributed by atoms with van der Waals surface area (Å²) in [6, 6.07) is 5.26. The minimum absolute atomic E-state index is 0.0214. The number of thiophene rings is 1. The monoisotopic (exact) mass is 272 g/mol. The standard InChI is InChI=1S/C9H5BrO3S/c10-5-3-1-2-4-6(11)8(9(12)13)14-7(4)5/h1-3,11H,(H,12,13). The van der Waals surface area contributed by atoms with Gasteiger partial charge in [-0.1, -0.05) is 6.07 Å². The third-order valence-corrected chi connectivity index (χ3v) is 3.97. The molecule has 0 aliphatic carbocycles. The van der Waals surface area contributed by atoms with E-state index in [0.717, 1.165) is 20.5 Å². The van der Waals surface area contributed by atoms with E-state index < -0.39 is 5.97 Å². The fourth-order valence-electron chi connectivity index (χ4n) is 1.22. The van der Waals surface area contributed by atoms with Crippen LogP contribution in [0.4, 0.5) is 0 Å². The summed E-state index contributed by atoms with van der Waals surface area (Å²) < 4.78 is 1.55. The van der Waals surface area contributed by atoms with Crippen LogP contribution in [-0.4, -0.2) is 16.2 Å². The van der Waals surface area contributed by atoms with Crippen LogP contribution in [0.1, 0.15) is 9.67 Å². The number of hydrogen-bond donors (Lipinski definition) is 2. The van der Waals surface area contributed by atoms with Crippen LogP contribution in [-0.2, 0) is 0 Å². The number of aromatic carboxylic acids is 1. The zero-order valence-electron chi connectivity index (χ0n) is 6.82. The quantitative estimate of drug-likeness (QED) is 0.839.